The molecule has 3 aliphatic rings. The smallest absolute Gasteiger partial charge is 0.229 e. The lowest BCUT2D eigenvalue weighted by Crippen LogP contribution is -2.15. The van der Waals surface area contributed by atoms with Gasteiger partial charge in [-0.2, -0.15) is 5.10 Å². The second kappa shape index (κ2) is 5.43. The highest BCUT2D eigenvalue weighted by atomic mass is 16.2. The molecular formula is C23H24N4O. The maximum atomic E-state index is 12.7. The predicted octanol–water partition coefficient (Wildman–Crippen LogP) is 4.29. The first kappa shape index (κ1) is 16.3. The molecule has 1 aromatic carbocycles. The van der Waals surface area contributed by atoms with Gasteiger partial charge in [-0.1, -0.05) is 6.07 Å². The van der Waals surface area contributed by atoms with Gasteiger partial charge in [0.05, 0.1) is 6.20 Å². The highest BCUT2D eigenvalue weighted by Crippen LogP contribution is 2.75. The summed E-state index contributed by atoms with van der Waals surface area (Å²) in [5, 5.41) is 9.56. The van der Waals surface area contributed by atoms with E-state index < -0.39 is 0 Å². The van der Waals surface area contributed by atoms with Crippen LogP contribution < -0.4 is 5.32 Å². The van der Waals surface area contributed by atoms with Gasteiger partial charge in [0.25, 0.3) is 0 Å². The highest BCUT2D eigenvalue weighted by Gasteiger charge is 2.63. The van der Waals surface area contributed by atoms with Crippen molar-refractivity contribution in [1.82, 2.24) is 14.8 Å². The number of aromatic nitrogens is 3. The lowest BCUT2D eigenvalue weighted by atomic mass is 9.98. The molecule has 3 atom stereocenters. The number of anilines is 1. The number of hydrogen-bond donors (Lipinski definition) is 1. The van der Waals surface area contributed by atoms with Crippen LogP contribution in [0.25, 0.3) is 10.8 Å². The van der Waals surface area contributed by atoms with Crippen molar-refractivity contribution in [1.29, 1.82) is 0 Å². The van der Waals surface area contributed by atoms with Gasteiger partial charge < -0.3 is 5.32 Å². The number of carbonyl (C=O) groups is 1. The molecule has 1 amide bonds. The van der Waals surface area contributed by atoms with Gasteiger partial charge >= 0.3 is 0 Å². The molecule has 3 saturated carbocycles. The van der Waals surface area contributed by atoms with Crippen molar-refractivity contribution in [3.63, 3.8) is 0 Å². The summed E-state index contributed by atoms with van der Waals surface area (Å²) in [5.74, 6) is 1.77. The normalized spacial score (nSPS) is 26.4. The molecule has 0 saturated heterocycles. The lowest BCUT2D eigenvalue weighted by Gasteiger charge is -2.10. The minimum atomic E-state index is 0.0245. The van der Waals surface area contributed by atoms with E-state index in [1.54, 1.807) is 4.68 Å². The van der Waals surface area contributed by atoms with Gasteiger partial charge in [-0.25, -0.2) is 4.98 Å². The number of hydrogen-bond acceptors (Lipinski definition) is 3. The van der Waals surface area contributed by atoms with E-state index in [1.807, 2.05) is 31.7 Å². The molecule has 2 aromatic heterocycles. The molecule has 0 aliphatic heterocycles. The molecule has 2 heterocycles. The van der Waals surface area contributed by atoms with Gasteiger partial charge in [0.1, 0.15) is 5.82 Å². The van der Waals surface area contributed by atoms with Gasteiger partial charge in [-0.15, -0.1) is 0 Å². The van der Waals surface area contributed by atoms with Crippen LogP contribution in [-0.4, -0.2) is 20.7 Å². The fourth-order valence-corrected chi connectivity index (χ4v) is 4.97. The average Bonchev–Trinajstić information content (AvgIpc) is 3.60. The van der Waals surface area contributed by atoms with Crippen LogP contribution in [0.4, 0.5) is 5.82 Å². The number of rotatable bonds is 4. The molecule has 3 unspecified atom stereocenters. The molecule has 3 fully saturated rings. The third-order valence-corrected chi connectivity index (χ3v) is 7.10. The first-order chi connectivity index (χ1) is 13.5. The van der Waals surface area contributed by atoms with Crippen LogP contribution in [0.1, 0.15) is 54.2 Å². The molecule has 0 radical (unpaired) electrons. The first-order valence-electron chi connectivity index (χ1n) is 10.2. The Balaban J connectivity index is 1.22. The van der Waals surface area contributed by atoms with Gasteiger partial charge in [-0.05, 0) is 84.1 Å². The minimum absolute atomic E-state index is 0.0245. The fourth-order valence-electron chi connectivity index (χ4n) is 4.97. The van der Waals surface area contributed by atoms with Crippen molar-refractivity contribution in [3.8, 4) is 0 Å². The van der Waals surface area contributed by atoms with E-state index in [-0.39, 0.29) is 17.7 Å². The second-order valence-corrected chi connectivity index (χ2v) is 9.13. The van der Waals surface area contributed by atoms with Crippen molar-refractivity contribution in [3.05, 3.63) is 53.5 Å². The summed E-state index contributed by atoms with van der Waals surface area (Å²) in [5.41, 5.74) is 4.66. The van der Waals surface area contributed by atoms with Gasteiger partial charge in [0, 0.05) is 30.7 Å². The Labute approximate surface area is 164 Å². The monoisotopic (exact) mass is 372 g/mol. The first-order valence-corrected chi connectivity index (χ1v) is 10.2. The molecular weight excluding hydrogens is 348 g/mol. The zero-order chi connectivity index (χ0) is 19.0. The Morgan fingerprint density at radius 3 is 2.79 bits per heavy atom. The maximum Gasteiger partial charge on any atom is 0.229 e. The van der Waals surface area contributed by atoms with E-state index in [0.29, 0.717) is 11.2 Å². The molecule has 3 aliphatic carbocycles. The highest BCUT2D eigenvalue weighted by molar-refractivity contribution is 5.96. The SMILES string of the molecule is Cc1cc2cnc(NC(=O)C3CC3c3cnn(C)c3)cc2cc1C1CC12CC2. The number of fused-ring (bicyclic) bond motifs is 1. The van der Waals surface area contributed by atoms with Crippen LogP contribution in [-0.2, 0) is 11.8 Å². The van der Waals surface area contributed by atoms with Crippen LogP contribution in [0.3, 0.4) is 0 Å². The number of nitrogens with zero attached hydrogens (tertiary/aromatic N) is 3. The van der Waals surface area contributed by atoms with E-state index >= 15 is 0 Å². The summed E-state index contributed by atoms with van der Waals surface area (Å²) in [7, 11) is 1.91. The zero-order valence-electron chi connectivity index (χ0n) is 16.3. The van der Waals surface area contributed by atoms with Crippen molar-refractivity contribution in [2.75, 3.05) is 5.32 Å². The van der Waals surface area contributed by atoms with Crippen LogP contribution >= 0.6 is 0 Å². The van der Waals surface area contributed by atoms with Gasteiger partial charge in [0.2, 0.25) is 5.91 Å². The average molecular weight is 372 g/mol. The molecule has 1 spiro atoms. The van der Waals surface area contributed by atoms with Crippen molar-refractivity contribution < 1.29 is 4.79 Å². The Morgan fingerprint density at radius 2 is 2.07 bits per heavy atom. The third-order valence-electron chi connectivity index (χ3n) is 7.10. The van der Waals surface area contributed by atoms with Crippen LogP contribution in [0, 0.1) is 18.3 Å². The molecule has 28 heavy (non-hydrogen) atoms. The number of nitrogens with one attached hydrogen (secondary N) is 1. The zero-order valence-corrected chi connectivity index (χ0v) is 16.3. The van der Waals surface area contributed by atoms with Crippen molar-refractivity contribution in [2.45, 2.75) is 44.4 Å². The molecule has 1 N–H and O–H groups in total. The quantitative estimate of drug-likeness (QED) is 0.743. The number of benzene rings is 1. The standard InChI is InChI=1S/C23H24N4O/c1-13-5-15-10-24-21(7-14(15)6-17(13)20-9-23(20)3-4-23)26-22(28)19-8-18(19)16-11-25-27(2)12-16/h5-7,10-12,18-20H,3-4,8-9H2,1-2H3,(H,24,26,28). The largest absolute Gasteiger partial charge is 0.310 e. The van der Waals surface area contributed by atoms with Crippen LogP contribution in [0.15, 0.2) is 36.8 Å². The van der Waals surface area contributed by atoms with Gasteiger partial charge in [0.15, 0.2) is 0 Å². The summed E-state index contributed by atoms with van der Waals surface area (Å²) in [6.07, 6.45) is 10.8. The van der Waals surface area contributed by atoms with E-state index in [1.165, 1.54) is 35.8 Å². The molecule has 0 bridgehead atoms. The van der Waals surface area contributed by atoms with Crippen molar-refractivity contribution in [2.24, 2.45) is 18.4 Å². The predicted molar refractivity (Wildman–Crippen MR) is 108 cm³/mol. The summed E-state index contributed by atoms with van der Waals surface area (Å²) >= 11 is 0. The van der Waals surface area contributed by atoms with E-state index in [4.69, 9.17) is 0 Å². The number of amides is 1. The maximum absolute atomic E-state index is 12.7. The summed E-state index contributed by atoms with van der Waals surface area (Å²) in [6, 6.07) is 6.60. The topological polar surface area (TPSA) is 59.8 Å². The number of pyridine rings is 1. The minimum Gasteiger partial charge on any atom is -0.310 e. The fraction of sp³-hybridized carbons (Fsp3) is 0.435. The van der Waals surface area contributed by atoms with Gasteiger partial charge in [-0.3, -0.25) is 9.48 Å². The number of carbonyl (C=O) groups excluding carboxylic acids is 1. The summed E-state index contributed by atoms with van der Waals surface area (Å²) in [4.78, 5) is 17.1. The van der Waals surface area contributed by atoms with E-state index in [0.717, 1.165) is 23.3 Å². The summed E-state index contributed by atoms with van der Waals surface area (Å²) in [6.45, 7) is 2.21. The second-order valence-electron chi connectivity index (χ2n) is 9.13. The lowest BCUT2D eigenvalue weighted by molar-refractivity contribution is -0.117. The summed E-state index contributed by atoms with van der Waals surface area (Å²) < 4.78 is 1.79. The van der Waals surface area contributed by atoms with E-state index in [2.05, 4.69) is 34.5 Å². The van der Waals surface area contributed by atoms with E-state index in [9.17, 15) is 4.79 Å². The molecule has 5 nitrogen and oxygen atoms in total. The Bertz CT molecular complexity index is 1130. The Morgan fingerprint density at radius 1 is 1.21 bits per heavy atom. The van der Waals surface area contributed by atoms with Crippen LogP contribution in [0.5, 0.6) is 0 Å². The molecule has 142 valence electrons. The Hall–Kier alpha value is -2.69. The Kier molecular flexibility index (Phi) is 3.16. The number of aryl methyl sites for hydroxylation is 2. The van der Waals surface area contributed by atoms with Crippen LogP contribution in [0.2, 0.25) is 0 Å². The molecule has 6 rings (SSSR count). The third kappa shape index (κ3) is 2.56. The molecule has 3 aromatic rings. The van der Waals surface area contributed by atoms with Crippen molar-refractivity contribution >= 4 is 22.5 Å². The molecule has 5 heteroatoms.